The van der Waals surface area contributed by atoms with Crippen molar-refractivity contribution in [3.05, 3.63) is 89.5 Å². The SMILES string of the molecule is Cc1ccc(S(=O)(=O)OCCOc2nc(OCCOS(=O)(=O)c3ccc(C)cc3)nc(OCCOS(=O)(=O)c3ccc(C)cc3)n2)cc1. The second kappa shape index (κ2) is 16.3. The van der Waals surface area contributed by atoms with Gasteiger partial charge in [0.1, 0.15) is 39.6 Å². The summed E-state index contributed by atoms with van der Waals surface area (Å²) in [5.74, 6) is 0. The minimum Gasteiger partial charge on any atom is -0.461 e. The lowest BCUT2D eigenvalue weighted by Crippen LogP contribution is -2.17. The smallest absolute Gasteiger partial charge is 0.325 e. The van der Waals surface area contributed by atoms with E-state index in [1.54, 1.807) is 36.4 Å². The molecule has 0 saturated heterocycles. The number of nitrogens with zero attached hydrogens (tertiary/aromatic N) is 3. The van der Waals surface area contributed by atoms with Gasteiger partial charge in [0.25, 0.3) is 30.4 Å². The standard InChI is InChI=1S/C30H33N3O12S3/c1-22-4-10-25(11-5-22)46(34,35)43-19-16-40-28-31-29(41-17-20-44-47(36,37)26-12-6-23(2)7-13-26)33-30(32-28)42-18-21-45-48(38,39)27-14-8-24(3)9-15-27/h4-15H,16-21H2,1-3H3. The van der Waals surface area contributed by atoms with Crippen LogP contribution in [0.2, 0.25) is 0 Å². The predicted octanol–water partition coefficient (Wildman–Crippen LogP) is 3.15. The first-order chi connectivity index (χ1) is 22.7. The van der Waals surface area contributed by atoms with Crippen molar-refractivity contribution in [1.82, 2.24) is 15.0 Å². The maximum Gasteiger partial charge on any atom is 0.325 e. The highest BCUT2D eigenvalue weighted by atomic mass is 32.2. The van der Waals surface area contributed by atoms with Gasteiger partial charge in [-0.05, 0) is 57.2 Å². The van der Waals surface area contributed by atoms with Crippen LogP contribution in [0.25, 0.3) is 0 Å². The van der Waals surface area contributed by atoms with Crippen LogP contribution in [0.1, 0.15) is 16.7 Å². The molecule has 15 nitrogen and oxygen atoms in total. The summed E-state index contributed by atoms with van der Waals surface area (Å²) in [5, 5.41) is 0. The van der Waals surface area contributed by atoms with Crippen LogP contribution in [0.4, 0.5) is 0 Å². The average molecular weight is 724 g/mol. The summed E-state index contributed by atoms with van der Waals surface area (Å²) < 4.78 is 106. The summed E-state index contributed by atoms with van der Waals surface area (Å²) >= 11 is 0. The van der Waals surface area contributed by atoms with E-state index in [0.717, 1.165) is 16.7 Å². The normalized spacial score (nSPS) is 12.1. The molecule has 0 aliphatic rings. The van der Waals surface area contributed by atoms with E-state index in [4.69, 9.17) is 26.8 Å². The molecule has 0 spiro atoms. The minimum absolute atomic E-state index is 0.0298. The van der Waals surface area contributed by atoms with E-state index in [2.05, 4.69) is 15.0 Å². The molecule has 0 aliphatic carbocycles. The third kappa shape index (κ3) is 10.9. The van der Waals surface area contributed by atoms with Crippen LogP contribution in [0.5, 0.6) is 18.0 Å². The summed E-state index contributed by atoms with van der Waals surface area (Å²) in [6.45, 7) is 3.30. The summed E-state index contributed by atoms with van der Waals surface area (Å²) in [6.07, 6.45) is 0. The Kier molecular flexibility index (Phi) is 12.4. The van der Waals surface area contributed by atoms with Crippen molar-refractivity contribution in [3.8, 4) is 18.0 Å². The van der Waals surface area contributed by atoms with Gasteiger partial charge in [0.05, 0.1) is 14.7 Å². The van der Waals surface area contributed by atoms with E-state index in [1.165, 1.54) is 36.4 Å². The molecule has 0 fully saturated rings. The molecule has 0 aliphatic heterocycles. The molecule has 18 heteroatoms. The number of aromatic nitrogens is 3. The zero-order chi connectivity index (χ0) is 34.8. The largest absolute Gasteiger partial charge is 0.461 e. The maximum atomic E-state index is 12.4. The highest BCUT2D eigenvalue weighted by molar-refractivity contribution is 7.87. The van der Waals surface area contributed by atoms with Gasteiger partial charge in [0.15, 0.2) is 0 Å². The fourth-order valence-corrected chi connectivity index (χ4v) is 6.34. The number of hydrogen-bond acceptors (Lipinski definition) is 15. The van der Waals surface area contributed by atoms with E-state index < -0.39 is 50.2 Å². The van der Waals surface area contributed by atoms with Crippen molar-refractivity contribution in [1.29, 1.82) is 0 Å². The van der Waals surface area contributed by atoms with Gasteiger partial charge in [-0.25, -0.2) is 0 Å². The molecule has 3 aromatic carbocycles. The number of hydrogen-bond donors (Lipinski definition) is 0. The van der Waals surface area contributed by atoms with Crippen LogP contribution in [0, 0.1) is 20.8 Å². The van der Waals surface area contributed by atoms with Crippen LogP contribution in [-0.4, -0.2) is 79.8 Å². The highest BCUT2D eigenvalue weighted by Gasteiger charge is 2.18. The zero-order valence-electron chi connectivity index (χ0n) is 26.1. The van der Waals surface area contributed by atoms with E-state index >= 15 is 0 Å². The topological polar surface area (TPSA) is 196 Å². The van der Waals surface area contributed by atoms with Crippen molar-refractivity contribution in [3.63, 3.8) is 0 Å². The fourth-order valence-electron chi connectivity index (χ4n) is 3.66. The van der Waals surface area contributed by atoms with Crippen LogP contribution in [0.15, 0.2) is 87.5 Å². The van der Waals surface area contributed by atoms with E-state index in [1.807, 2.05) is 20.8 Å². The van der Waals surface area contributed by atoms with Gasteiger partial charge in [-0.1, -0.05) is 53.1 Å². The molecule has 0 N–H and O–H groups in total. The van der Waals surface area contributed by atoms with E-state index in [9.17, 15) is 25.3 Å². The molecule has 258 valence electrons. The Bertz CT molecular complexity index is 1740. The zero-order valence-corrected chi connectivity index (χ0v) is 28.6. The van der Waals surface area contributed by atoms with Crippen LogP contribution in [0.3, 0.4) is 0 Å². The van der Waals surface area contributed by atoms with Crippen molar-refractivity contribution in [2.75, 3.05) is 39.6 Å². The van der Waals surface area contributed by atoms with Crippen LogP contribution < -0.4 is 14.2 Å². The lowest BCUT2D eigenvalue weighted by molar-refractivity contribution is 0.177. The Morgan fingerprint density at radius 2 is 0.625 bits per heavy atom. The molecule has 4 rings (SSSR count). The lowest BCUT2D eigenvalue weighted by atomic mass is 10.2. The Hall–Kier alpha value is -4.20. The van der Waals surface area contributed by atoms with Gasteiger partial charge in [-0.15, -0.1) is 15.0 Å². The van der Waals surface area contributed by atoms with Crippen molar-refractivity contribution in [2.45, 2.75) is 35.5 Å². The first kappa shape index (κ1) is 36.6. The summed E-state index contributed by atoms with van der Waals surface area (Å²) in [4.78, 5) is 11.8. The van der Waals surface area contributed by atoms with E-state index in [-0.39, 0.29) is 52.5 Å². The molecule has 0 bridgehead atoms. The summed E-state index contributed by atoms with van der Waals surface area (Å²) in [6, 6.07) is 17.2. The summed E-state index contributed by atoms with van der Waals surface area (Å²) in [7, 11) is -12.2. The summed E-state index contributed by atoms with van der Waals surface area (Å²) in [5.41, 5.74) is 2.63. The number of benzene rings is 3. The second-order valence-corrected chi connectivity index (χ2v) is 14.8. The molecule has 4 aromatic rings. The molecular formula is C30H33N3O12S3. The number of ether oxygens (including phenoxy) is 3. The van der Waals surface area contributed by atoms with Crippen LogP contribution >= 0.6 is 0 Å². The van der Waals surface area contributed by atoms with Gasteiger partial charge in [-0.3, -0.25) is 12.5 Å². The molecule has 1 heterocycles. The van der Waals surface area contributed by atoms with Crippen molar-refractivity contribution >= 4 is 30.4 Å². The molecule has 0 amide bonds. The fraction of sp³-hybridized carbons (Fsp3) is 0.300. The van der Waals surface area contributed by atoms with Crippen molar-refractivity contribution < 1.29 is 52.0 Å². The maximum absolute atomic E-state index is 12.4. The van der Waals surface area contributed by atoms with Gasteiger partial charge in [0.2, 0.25) is 0 Å². The molecule has 48 heavy (non-hydrogen) atoms. The lowest BCUT2D eigenvalue weighted by Gasteiger charge is -2.11. The van der Waals surface area contributed by atoms with Crippen LogP contribution in [-0.2, 0) is 42.9 Å². The quantitative estimate of drug-likeness (QED) is 0.107. The number of aryl methyl sites for hydroxylation is 3. The number of rotatable bonds is 18. The average Bonchev–Trinajstić information content (AvgIpc) is 3.04. The van der Waals surface area contributed by atoms with Gasteiger partial charge in [-0.2, -0.15) is 25.3 Å². The Morgan fingerprint density at radius 1 is 0.396 bits per heavy atom. The Balaban J connectivity index is 1.36. The molecule has 0 unspecified atom stereocenters. The van der Waals surface area contributed by atoms with Gasteiger partial charge >= 0.3 is 18.0 Å². The molecular weight excluding hydrogens is 691 g/mol. The highest BCUT2D eigenvalue weighted by Crippen LogP contribution is 2.18. The first-order valence-electron chi connectivity index (χ1n) is 14.3. The molecule has 0 atom stereocenters. The minimum atomic E-state index is -4.06. The van der Waals surface area contributed by atoms with Gasteiger partial charge < -0.3 is 14.2 Å². The molecule has 0 radical (unpaired) electrons. The first-order valence-corrected chi connectivity index (χ1v) is 18.5. The van der Waals surface area contributed by atoms with E-state index in [0.29, 0.717) is 0 Å². The predicted molar refractivity (Wildman–Crippen MR) is 169 cm³/mol. The second-order valence-electron chi connectivity index (χ2n) is 10.00. The monoisotopic (exact) mass is 723 g/mol. The third-order valence-corrected chi connectivity index (χ3v) is 10.1. The Morgan fingerprint density at radius 3 is 0.854 bits per heavy atom. The third-order valence-electron chi connectivity index (χ3n) is 6.16. The molecule has 1 aromatic heterocycles. The Labute approximate surface area is 279 Å². The molecule has 0 saturated carbocycles. The van der Waals surface area contributed by atoms with Gasteiger partial charge in [0, 0.05) is 0 Å². The van der Waals surface area contributed by atoms with Crippen molar-refractivity contribution in [2.24, 2.45) is 0 Å².